The molecule has 4 heteroatoms. The standard InChI is InChI=1S/C11H21NO3/c1-10(2,3)12(9(14)15)7-6-8(13)11(7,4)5/h7-8,13H,6H2,1-5H3,(H,14,15). The lowest BCUT2D eigenvalue weighted by Gasteiger charge is -2.56. The zero-order valence-corrected chi connectivity index (χ0v) is 10.1. The summed E-state index contributed by atoms with van der Waals surface area (Å²) >= 11 is 0. The molecule has 0 aromatic carbocycles. The Kier molecular flexibility index (Phi) is 2.76. The van der Waals surface area contributed by atoms with Gasteiger partial charge in [0.1, 0.15) is 0 Å². The lowest BCUT2D eigenvalue weighted by atomic mass is 9.63. The van der Waals surface area contributed by atoms with Crippen molar-refractivity contribution in [2.45, 2.75) is 58.7 Å². The third kappa shape index (κ3) is 1.95. The molecule has 4 nitrogen and oxygen atoms in total. The van der Waals surface area contributed by atoms with E-state index in [1.165, 1.54) is 4.90 Å². The molecule has 0 aromatic rings. The largest absolute Gasteiger partial charge is 0.465 e. The molecule has 1 fully saturated rings. The second-order valence-corrected chi connectivity index (χ2v) is 5.91. The predicted molar refractivity (Wildman–Crippen MR) is 57.8 cm³/mol. The number of aliphatic hydroxyl groups excluding tert-OH is 1. The van der Waals surface area contributed by atoms with Crippen LogP contribution in [0.1, 0.15) is 41.0 Å². The highest BCUT2D eigenvalue weighted by Gasteiger charge is 2.53. The van der Waals surface area contributed by atoms with Crippen LogP contribution < -0.4 is 0 Å². The lowest BCUT2D eigenvalue weighted by molar-refractivity contribution is -0.129. The van der Waals surface area contributed by atoms with Gasteiger partial charge in [-0.25, -0.2) is 4.79 Å². The highest BCUT2D eigenvalue weighted by atomic mass is 16.4. The van der Waals surface area contributed by atoms with Gasteiger partial charge in [-0.3, -0.25) is 4.90 Å². The fourth-order valence-corrected chi connectivity index (χ4v) is 2.21. The third-order valence-corrected chi connectivity index (χ3v) is 3.40. The van der Waals surface area contributed by atoms with Gasteiger partial charge in [-0.1, -0.05) is 13.8 Å². The van der Waals surface area contributed by atoms with Crippen LogP contribution in [-0.2, 0) is 0 Å². The van der Waals surface area contributed by atoms with Crippen LogP contribution in [-0.4, -0.2) is 38.9 Å². The smallest absolute Gasteiger partial charge is 0.408 e. The van der Waals surface area contributed by atoms with Crippen molar-refractivity contribution in [1.29, 1.82) is 0 Å². The van der Waals surface area contributed by atoms with Crippen LogP contribution in [0.5, 0.6) is 0 Å². The Labute approximate surface area is 90.9 Å². The Bertz CT molecular complexity index is 267. The summed E-state index contributed by atoms with van der Waals surface area (Å²) in [6.07, 6.45) is -0.768. The molecule has 0 aromatic heterocycles. The van der Waals surface area contributed by atoms with Gasteiger partial charge in [-0.05, 0) is 27.2 Å². The molecule has 0 spiro atoms. The molecule has 1 aliphatic rings. The number of amides is 1. The summed E-state index contributed by atoms with van der Waals surface area (Å²) in [5, 5.41) is 18.8. The van der Waals surface area contributed by atoms with Crippen LogP contribution in [0.4, 0.5) is 4.79 Å². The maximum Gasteiger partial charge on any atom is 0.408 e. The number of aliphatic hydroxyl groups is 1. The fraction of sp³-hybridized carbons (Fsp3) is 0.909. The van der Waals surface area contributed by atoms with Crippen molar-refractivity contribution >= 4 is 6.09 Å². The first-order valence-corrected chi connectivity index (χ1v) is 5.29. The molecule has 1 saturated carbocycles. The first-order valence-electron chi connectivity index (χ1n) is 5.29. The van der Waals surface area contributed by atoms with Gasteiger partial charge in [0.15, 0.2) is 0 Å². The van der Waals surface area contributed by atoms with Gasteiger partial charge >= 0.3 is 6.09 Å². The second-order valence-electron chi connectivity index (χ2n) is 5.91. The monoisotopic (exact) mass is 215 g/mol. The average molecular weight is 215 g/mol. The van der Waals surface area contributed by atoms with E-state index in [9.17, 15) is 15.0 Å². The third-order valence-electron chi connectivity index (χ3n) is 3.40. The van der Waals surface area contributed by atoms with E-state index >= 15 is 0 Å². The molecule has 1 aliphatic carbocycles. The van der Waals surface area contributed by atoms with Crippen molar-refractivity contribution in [3.8, 4) is 0 Å². The van der Waals surface area contributed by atoms with Crippen LogP contribution in [0.2, 0.25) is 0 Å². The molecular weight excluding hydrogens is 194 g/mol. The van der Waals surface area contributed by atoms with Gasteiger partial charge < -0.3 is 10.2 Å². The van der Waals surface area contributed by atoms with E-state index < -0.39 is 17.7 Å². The number of carboxylic acid groups (broad SMARTS) is 1. The molecular formula is C11H21NO3. The maximum absolute atomic E-state index is 11.2. The van der Waals surface area contributed by atoms with E-state index in [1.807, 2.05) is 34.6 Å². The Morgan fingerprint density at radius 2 is 1.87 bits per heavy atom. The predicted octanol–water partition coefficient (Wildman–Crippen LogP) is 1.92. The van der Waals surface area contributed by atoms with Gasteiger partial charge in [0.05, 0.1) is 6.10 Å². The highest BCUT2D eigenvalue weighted by molar-refractivity contribution is 5.67. The molecule has 2 atom stereocenters. The Morgan fingerprint density at radius 1 is 1.40 bits per heavy atom. The van der Waals surface area contributed by atoms with E-state index in [4.69, 9.17) is 0 Å². The zero-order valence-electron chi connectivity index (χ0n) is 10.1. The summed E-state index contributed by atoms with van der Waals surface area (Å²) < 4.78 is 0. The molecule has 2 unspecified atom stereocenters. The highest BCUT2D eigenvalue weighted by Crippen LogP contribution is 2.45. The second kappa shape index (κ2) is 3.37. The Balaban J connectivity index is 2.90. The summed E-state index contributed by atoms with van der Waals surface area (Å²) in [7, 11) is 0. The fourth-order valence-electron chi connectivity index (χ4n) is 2.21. The van der Waals surface area contributed by atoms with Crippen molar-refractivity contribution in [3.63, 3.8) is 0 Å². The van der Waals surface area contributed by atoms with Crippen molar-refractivity contribution < 1.29 is 15.0 Å². The lowest BCUT2D eigenvalue weighted by Crippen LogP contribution is -2.66. The van der Waals surface area contributed by atoms with Gasteiger partial charge in [-0.2, -0.15) is 0 Å². The van der Waals surface area contributed by atoms with E-state index in [-0.39, 0.29) is 11.5 Å². The zero-order chi connectivity index (χ0) is 12.0. The molecule has 1 rings (SSSR count). The molecule has 0 bridgehead atoms. The number of hydrogen-bond acceptors (Lipinski definition) is 2. The molecule has 0 saturated heterocycles. The topological polar surface area (TPSA) is 60.8 Å². The number of hydrogen-bond donors (Lipinski definition) is 2. The molecule has 88 valence electrons. The minimum atomic E-state index is -0.910. The number of nitrogens with zero attached hydrogens (tertiary/aromatic N) is 1. The summed E-state index contributed by atoms with van der Waals surface area (Å²) in [6.45, 7) is 9.45. The van der Waals surface area contributed by atoms with Crippen LogP contribution in [0.25, 0.3) is 0 Å². The molecule has 15 heavy (non-hydrogen) atoms. The van der Waals surface area contributed by atoms with Crippen molar-refractivity contribution in [2.24, 2.45) is 5.41 Å². The Morgan fingerprint density at radius 3 is 2.07 bits per heavy atom. The minimum absolute atomic E-state index is 0.0926. The van der Waals surface area contributed by atoms with Crippen molar-refractivity contribution in [2.75, 3.05) is 0 Å². The SMILES string of the molecule is CC1(C)C(O)CC1N(C(=O)O)C(C)(C)C. The number of rotatable bonds is 1. The summed E-state index contributed by atoms with van der Waals surface area (Å²) in [4.78, 5) is 12.7. The van der Waals surface area contributed by atoms with E-state index in [0.29, 0.717) is 6.42 Å². The summed E-state index contributed by atoms with van der Waals surface area (Å²) in [6, 6.07) is -0.0926. The number of carbonyl (C=O) groups is 1. The van der Waals surface area contributed by atoms with Crippen molar-refractivity contribution in [1.82, 2.24) is 4.90 Å². The average Bonchev–Trinajstić information content (AvgIpc) is 2.00. The van der Waals surface area contributed by atoms with Gasteiger partial charge in [0.25, 0.3) is 0 Å². The van der Waals surface area contributed by atoms with Crippen LogP contribution in [0, 0.1) is 5.41 Å². The quantitative estimate of drug-likeness (QED) is 0.702. The van der Waals surface area contributed by atoms with E-state index in [0.717, 1.165) is 0 Å². The first-order chi connectivity index (χ1) is 6.58. The van der Waals surface area contributed by atoms with E-state index in [2.05, 4.69) is 0 Å². The van der Waals surface area contributed by atoms with E-state index in [1.54, 1.807) is 0 Å². The van der Waals surface area contributed by atoms with Crippen LogP contribution >= 0.6 is 0 Å². The molecule has 0 radical (unpaired) electrons. The maximum atomic E-state index is 11.2. The molecule has 2 N–H and O–H groups in total. The minimum Gasteiger partial charge on any atom is -0.465 e. The van der Waals surface area contributed by atoms with Crippen molar-refractivity contribution in [3.05, 3.63) is 0 Å². The Hall–Kier alpha value is -0.770. The molecule has 0 heterocycles. The summed E-state index contributed by atoms with van der Waals surface area (Å²) in [5.41, 5.74) is -0.764. The summed E-state index contributed by atoms with van der Waals surface area (Å²) in [5.74, 6) is 0. The molecule has 0 aliphatic heterocycles. The van der Waals surface area contributed by atoms with Crippen LogP contribution in [0.15, 0.2) is 0 Å². The van der Waals surface area contributed by atoms with Gasteiger partial charge in [-0.15, -0.1) is 0 Å². The molecule has 1 amide bonds. The van der Waals surface area contributed by atoms with Gasteiger partial charge in [0.2, 0.25) is 0 Å². The normalized spacial score (nSPS) is 29.5. The van der Waals surface area contributed by atoms with Gasteiger partial charge in [0, 0.05) is 17.0 Å². The van der Waals surface area contributed by atoms with Crippen LogP contribution in [0.3, 0.4) is 0 Å². The first kappa shape index (κ1) is 12.3.